The molecule has 0 radical (unpaired) electrons. The molecule has 1 aliphatic rings. The van der Waals surface area contributed by atoms with Gasteiger partial charge in [-0.05, 0) is 51.0 Å². The number of aryl methyl sites for hydroxylation is 2. The van der Waals surface area contributed by atoms with Crippen LogP contribution in [0, 0.1) is 25.7 Å². The van der Waals surface area contributed by atoms with Crippen LogP contribution in [0.5, 0.6) is 5.75 Å². The highest BCUT2D eigenvalue weighted by molar-refractivity contribution is 6.39. The average Bonchev–Trinajstić information content (AvgIpc) is 3.40. The highest BCUT2D eigenvalue weighted by Crippen LogP contribution is 2.37. The van der Waals surface area contributed by atoms with Crippen molar-refractivity contribution in [2.75, 3.05) is 6.61 Å². The molecule has 47 heavy (non-hydrogen) atoms. The van der Waals surface area contributed by atoms with Crippen molar-refractivity contribution < 1.29 is 47.4 Å². The number of esters is 4. The van der Waals surface area contributed by atoms with Gasteiger partial charge in [-0.1, -0.05) is 55.2 Å². The third kappa shape index (κ3) is 7.74. The molecule has 0 spiro atoms. The number of aromatic nitrogens is 2. The van der Waals surface area contributed by atoms with Crippen LogP contribution in [0.1, 0.15) is 66.3 Å². The second-order valence-corrected chi connectivity index (χ2v) is 11.9. The Morgan fingerprint density at radius 1 is 1.09 bits per heavy atom. The topological polar surface area (TPSA) is 173 Å². The predicted molar refractivity (Wildman–Crippen MR) is 167 cm³/mol. The van der Waals surface area contributed by atoms with E-state index in [1.165, 1.54) is 26.1 Å². The summed E-state index contributed by atoms with van der Waals surface area (Å²) in [6.45, 7) is 8.92. The van der Waals surface area contributed by atoms with E-state index >= 15 is 0 Å². The Balaban J connectivity index is 1.60. The van der Waals surface area contributed by atoms with Crippen molar-refractivity contribution in [2.45, 2.75) is 66.2 Å². The van der Waals surface area contributed by atoms with Crippen LogP contribution in [0.4, 0.5) is 0 Å². The van der Waals surface area contributed by atoms with Gasteiger partial charge in [-0.2, -0.15) is 0 Å². The summed E-state index contributed by atoms with van der Waals surface area (Å²) in [5, 5.41) is 6.83. The molecule has 1 aliphatic heterocycles. The Hall–Kier alpha value is -4.49. The summed E-state index contributed by atoms with van der Waals surface area (Å²) in [5.74, 6) is -5.69. The highest BCUT2D eigenvalue weighted by Gasteiger charge is 2.41. The van der Waals surface area contributed by atoms with Crippen molar-refractivity contribution in [3.05, 3.63) is 63.1 Å². The van der Waals surface area contributed by atoms with E-state index in [0.717, 1.165) is 0 Å². The minimum atomic E-state index is -1.48. The molecule has 3 heterocycles. The number of rotatable bonds is 8. The number of carbonyl (C=O) groups is 5. The summed E-state index contributed by atoms with van der Waals surface area (Å²) in [6, 6.07) is 4.78. The van der Waals surface area contributed by atoms with Gasteiger partial charge in [0.1, 0.15) is 29.7 Å². The van der Waals surface area contributed by atoms with Gasteiger partial charge in [-0.25, -0.2) is 14.6 Å². The van der Waals surface area contributed by atoms with E-state index in [-0.39, 0.29) is 50.5 Å². The number of benzene rings is 1. The van der Waals surface area contributed by atoms with Crippen LogP contribution in [0.2, 0.25) is 10.0 Å². The zero-order valence-corrected chi connectivity index (χ0v) is 27.9. The molecule has 4 atom stereocenters. The van der Waals surface area contributed by atoms with Gasteiger partial charge >= 0.3 is 23.9 Å². The molecule has 0 unspecified atom stereocenters. The van der Waals surface area contributed by atoms with Crippen LogP contribution >= 0.6 is 23.2 Å². The Morgan fingerprint density at radius 2 is 1.77 bits per heavy atom. The fourth-order valence-electron chi connectivity index (χ4n) is 4.79. The standard InChI is InChI=1S/C32H33Cl2N3O10/c1-7-18-27(46-29(39)14(2)3)17(6)44-31(41)21(13-43-30(18)40)36-28(38)25-26(15(4)11-12-35-25)45-32(42)22-16(5)47-37-24(22)23-19(33)9-8-10-20(23)34/h8-12,14,17-18,21,27H,7,13H2,1-6H3,(H,36,38)/t17-,18+,21-,27-/m0/s1. The van der Waals surface area contributed by atoms with E-state index in [4.69, 9.17) is 46.7 Å². The van der Waals surface area contributed by atoms with E-state index in [1.807, 2.05) is 0 Å². The first kappa shape index (κ1) is 35.4. The smallest absolute Gasteiger partial charge is 0.349 e. The van der Waals surface area contributed by atoms with E-state index in [2.05, 4.69) is 15.5 Å². The molecule has 1 fully saturated rings. The van der Waals surface area contributed by atoms with Crippen molar-refractivity contribution in [3.8, 4) is 17.0 Å². The molecule has 1 N–H and O–H groups in total. The van der Waals surface area contributed by atoms with Crippen molar-refractivity contribution in [1.82, 2.24) is 15.5 Å². The molecular weight excluding hydrogens is 657 g/mol. The largest absolute Gasteiger partial charge is 0.463 e. The molecule has 1 aromatic carbocycles. The van der Waals surface area contributed by atoms with Gasteiger partial charge in [0.2, 0.25) is 0 Å². The summed E-state index contributed by atoms with van der Waals surface area (Å²) in [7, 11) is 0. The lowest BCUT2D eigenvalue weighted by atomic mass is 9.95. The van der Waals surface area contributed by atoms with E-state index in [1.54, 1.807) is 45.9 Å². The third-order valence-corrected chi connectivity index (χ3v) is 8.02. The van der Waals surface area contributed by atoms with Crippen molar-refractivity contribution in [2.24, 2.45) is 11.8 Å². The number of nitrogens with zero attached hydrogens (tertiary/aromatic N) is 2. The van der Waals surface area contributed by atoms with Crippen molar-refractivity contribution in [3.63, 3.8) is 0 Å². The van der Waals surface area contributed by atoms with Gasteiger partial charge in [0.05, 0.1) is 21.9 Å². The minimum absolute atomic E-state index is 0.0303. The Kier molecular flexibility index (Phi) is 11.2. The first-order chi connectivity index (χ1) is 22.2. The number of hydrogen-bond acceptors (Lipinski definition) is 12. The molecule has 2 aromatic heterocycles. The maximum absolute atomic E-state index is 13.5. The molecule has 4 rings (SSSR count). The lowest BCUT2D eigenvalue weighted by molar-refractivity contribution is -0.176. The molecule has 1 amide bonds. The van der Waals surface area contributed by atoms with Crippen LogP contribution in [0.3, 0.4) is 0 Å². The molecule has 250 valence electrons. The Bertz CT molecular complexity index is 1690. The van der Waals surface area contributed by atoms with Crippen LogP contribution in [-0.2, 0) is 28.6 Å². The first-order valence-corrected chi connectivity index (χ1v) is 15.5. The van der Waals surface area contributed by atoms with Gasteiger partial charge in [0.15, 0.2) is 23.6 Å². The normalized spacial score (nSPS) is 19.9. The van der Waals surface area contributed by atoms with Gasteiger partial charge in [0.25, 0.3) is 5.91 Å². The SMILES string of the molecule is CC[C@H]1C(=O)OC[C@H](NC(=O)c2nccc(C)c2OC(=O)c2c(-c3c(Cl)cccc3Cl)noc2C)C(=O)O[C@@H](C)[C@@H]1OC(=O)C(C)C. The van der Waals surface area contributed by atoms with Crippen LogP contribution in [0.25, 0.3) is 11.3 Å². The molecule has 15 heteroatoms. The van der Waals surface area contributed by atoms with Gasteiger partial charge in [-0.15, -0.1) is 0 Å². The average molecular weight is 691 g/mol. The number of hydrogen-bond donors (Lipinski definition) is 1. The fraction of sp³-hybridized carbons (Fsp3) is 0.406. The lowest BCUT2D eigenvalue weighted by Crippen LogP contribution is -2.47. The van der Waals surface area contributed by atoms with Gasteiger partial charge in [0, 0.05) is 11.8 Å². The second kappa shape index (κ2) is 14.9. The molecular formula is C32H33Cl2N3O10. The predicted octanol–water partition coefficient (Wildman–Crippen LogP) is 5.06. The Morgan fingerprint density at radius 3 is 2.40 bits per heavy atom. The fourth-order valence-corrected chi connectivity index (χ4v) is 5.37. The molecule has 0 aliphatic carbocycles. The third-order valence-electron chi connectivity index (χ3n) is 7.39. The van der Waals surface area contributed by atoms with E-state index in [0.29, 0.717) is 5.56 Å². The summed E-state index contributed by atoms with van der Waals surface area (Å²) < 4.78 is 27.4. The zero-order valence-electron chi connectivity index (χ0n) is 26.4. The number of carbonyl (C=O) groups excluding carboxylic acids is 5. The van der Waals surface area contributed by atoms with Crippen molar-refractivity contribution in [1.29, 1.82) is 0 Å². The molecule has 0 bridgehead atoms. The summed E-state index contributed by atoms with van der Waals surface area (Å²) in [4.78, 5) is 69.8. The number of halogens is 2. The van der Waals surface area contributed by atoms with E-state index in [9.17, 15) is 24.0 Å². The number of pyridine rings is 1. The lowest BCUT2D eigenvalue weighted by Gasteiger charge is -2.29. The highest BCUT2D eigenvalue weighted by atomic mass is 35.5. The Labute approximate surface area is 280 Å². The minimum Gasteiger partial charge on any atom is -0.463 e. The van der Waals surface area contributed by atoms with Gasteiger partial charge in [-0.3, -0.25) is 14.4 Å². The second-order valence-electron chi connectivity index (χ2n) is 11.1. The monoisotopic (exact) mass is 689 g/mol. The maximum Gasteiger partial charge on any atom is 0.349 e. The maximum atomic E-state index is 13.5. The molecule has 3 aromatic rings. The van der Waals surface area contributed by atoms with Crippen molar-refractivity contribution >= 4 is 53.0 Å². The number of nitrogens with one attached hydrogen (secondary N) is 1. The van der Waals surface area contributed by atoms with Crippen LogP contribution < -0.4 is 10.1 Å². The number of cyclic esters (lactones) is 2. The number of ether oxygens (including phenoxy) is 4. The summed E-state index contributed by atoms with van der Waals surface area (Å²) in [6.07, 6.45) is -0.631. The number of amides is 1. The summed E-state index contributed by atoms with van der Waals surface area (Å²) in [5.41, 5.74) is 0.181. The van der Waals surface area contributed by atoms with Crippen LogP contribution in [-0.4, -0.2) is 64.8 Å². The quantitative estimate of drug-likeness (QED) is 0.246. The van der Waals surface area contributed by atoms with Crippen LogP contribution in [0.15, 0.2) is 35.0 Å². The molecule has 0 saturated carbocycles. The van der Waals surface area contributed by atoms with Gasteiger partial charge < -0.3 is 28.8 Å². The zero-order chi connectivity index (χ0) is 34.6. The first-order valence-electron chi connectivity index (χ1n) is 14.7. The van der Waals surface area contributed by atoms with E-state index < -0.39 is 66.5 Å². The molecule has 13 nitrogen and oxygen atoms in total. The summed E-state index contributed by atoms with van der Waals surface area (Å²) >= 11 is 12.7. The molecule has 1 saturated heterocycles.